The molecule has 1 atom stereocenters. The number of fused-ring (bicyclic) bond motifs is 1. The third kappa shape index (κ3) is 3.65. The van der Waals surface area contributed by atoms with E-state index in [0.29, 0.717) is 29.2 Å². The van der Waals surface area contributed by atoms with Gasteiger partial charge < -0.3 is 5.11 Å². The Balaban J connectivity index is 1.84. The Bertz CT molecular complexity index is 1160. The van der Waals surface area contributed by atoms with E-state index >= 15 is 0 Å². The number of likely N-dealkylation sites (tertiary alicyclic amines) is 1. The number of pyridine rings is 1. The molecule has 5 nitrogen and oxygen atoms in total. The predicted octanol–water partition coefficient (Wildman–Crippen LogP) is 4.22. The van der Waals surface area contributed by atoms with E-state index in [0.717, 1.165) is 36.0 Å². The molecule has 0 aliphatic carbocycles. The summed E-state index contributed by atoms with van der Waals surface area (Å²) in [4.78, 5) is 20.4. The van der Waals surface area contributed by atoms with Crippen LogP contribution in [0.5, 0.6) is 5.88 Å². The van der Waals surface area contributed by atoms with Gasteiger partial charge in [0.05, 0.1) is 17.8 Å². The summed E-state index contributed by atoms with van der Waals surface area (Å²) in [7, 11) is 0. The fraction of sp³-hybridized carbons (Fsp3) is 0.360. The lowest BCUT2D eigenvalue weighted by Gasteiger charge is -2.20. The van der Waals surface area contributed by atoms with Crippen molar-refractivity contribution in [2.24, 2.45) is 4.99 Å². The number of likely N-dealkylation sites (N-methyl/N-ethyl adjacent to an activating group) is 1. The van der Waals surface area contributed by atoms with Crippen molar-refractivity contribution in [2.75, 3.05) is 19.6 Å². The van der Waals surface area contributed by atoms with Crippen LogP contribution >= 0.6 is 0 Å². The first kappa shape index (κ1) is 20.4. The van der Waals surface area contributed by atoms with E-state index in [1.165, 1.54) is 11.0 Å². The van der Waals surface area contributed by atoms with Gasteiger partial charge in [0.1, 0.15) is 0 Å². The number of aromatic hydroxyl groups is 1. The zero-order chi connectivity index (χ0) is 21.3. The second-order valence-electron chi connectivity index (χ2n) is 8.13. The van der Waals surface area contributed by atoms with E-state index < -0.39 is 0 Å². The Labute approximate surface area is 177 Å². The molecule has 3 aromatic rings. The van der Waals surface area contributed by atoms with Gasteiger partial charge in [-0.3, -0.25) is 14.7 Å². The minimum atomic E-state index is -0.220. The third-order valence-corrected chi connectivity index (χ3v) is 6.15. The topological polar surface area (TPSA) is 57.8 Å². The lowest BCUT2D eigenvalue weighted by atomic mass is 10.1. The molecule has 0 radical (unpaired) electrons. The fourth-order valence-electron chi connectivity index (χ4n) is 4.46. The van der Waals surface area contributed by atoms with Crippen LogP contribution in [0.3, 0.4) is 0 Å². The van der Waals surface area contributed by atoms with Crippen molar-refractivity contribution in [2.45, 2.75) is 39.7 Å². The summed E-state index contributed by atoms with van der Waals surface area (Å²) in [6.07, 6.45) is 4.10. The van der Waals surface area contributed by atoms with E-state index in [9.17, 15) is 9.90 Å². The van der Waals surface area contributed by atoms with Gasteiger partial charge in [0, 0.05) is 23.0 Å². The van der Waals surface area contributed by atoms with Crippen molar-refractivity contribution >= 4 is 17.0 Å². The average molecular weight is 404 g/mol. The maximum Gasteiger partial charge on any atom is 0.265 e. The number of rotatable bonds is 5. The summed E-state index contributed by atoms with van der Waals surface area (Å²) in [6.45, 7) is 8.97. The molecule has 30 heavy (non-hydrogen) atoms. The molecule has 0 bridgehead atoms. The summed E-state index contributed by atoms with van der Waals surface area (Å²) in [5, 5.41) is 12.5. The minimum Gasteiger partial charge on any atom is -0.494 e. The van der Waals surface area contributed by atoms with Crippen LogP contribution in [0.1, 0.15) is 36.5 Å². The number of hydrogen-bond donors (Lipinski definition) is 1. The number of nitrogens with zero attached hydrogens (tertiary/aromatic N) is 3. The third-order valence-electron chi connectivity index (χ3n) is 6.15. The highest BCUT2D eigenvalue weighted by molar-refractivity contribution is 6.01. The molecule has 1 aromatic heterocycles. The van der Waals surface area contributed by atoms with Crippen molar-refractivity contribution in [3.05, 3.63) is 69.5 Å². The van der Waals surface area contributed by atoms with Gasteiger partial charge in [0.15, 0.2) is 0 Å². The van der Waals surface area contributed by atoms with Gasteiger partial charge in [-0.2, -0.15) is 0 Å². The zero-order valence-electron chi connectivity index (χ0n) is 17.9. The van der Waals surface area contributed by atoms with Crippen molar-refractivity contribution in [3.63, 3.8) is 0 Å². The lowest BCUT2D eigenvalue weighted by Crippen LogP contribution is -2.31. The van der Waals surface area contributed by atoms with Crippen molar-refractivity contribution in [3.8, 4) is 11.6 Å². The molecule has 0 amide bonds. The Morgan fingerprint density at radius 3 is 2.70 bits per heavy atom. The first-order valence-corrected chi connectivity index (χ1v) is 10.7. The maximum absolute atomic E-state index is 13.3. The van der Waals surface area contributed by atoms with E-state index in [2.05, 4.69) is 11.8 Å². The highest BCUT2D eigenvalue weighted by Crippen LogP contribution is 2.28. The molecular formula is C25H29N3O2. The van der Waals surface area contributed by atoms with Crippen LogP contribution < -0.4 is 5.56 Å². The molecule has 0 spiro atoms. The molecule has 1 aliphatic heterocycles. The predicted molar refractivity (Wildman–Crippen MR) is 123 cm³/mol. The highest BCUT2D eigenvalue weighted by Gasteiger charge is 2.22. The van der Waals surface area contributed by atoms with Crippen LogP contribution in [-0.2, 0) is 0 Å². The number of aliphatic imine (C=N–C) groups is 1. The van der Waals surface area contributed by atoms with E-state index in [1.807, 2.05) is 56.3 Å². The van der Waals surface area contributed by atoms with Crippen LogP contribution in [0, 0.1) is 13.8 Å². The van der Waals surface area contributed by atoms with Crippen LogP contribution in [-0.4, -0.2) is 46.5 Å². The molecule has 1 aliphatic rings. The molecule has 1 fully saturated rings. The van der Waals surface area contributed by atoms with Gasteiger partial charge in [-0.25, -0.2) is 4.57 Å². The van der Waals surface area contributed by atoms with Crippen LogP contribution in [0.4, 0.5) is 0 Å². The summed E-state index contributed by atoms with van der Waals surface area (Å²) in [5.41, 5.74) is 3.03. The van der Waals surface area contributed by atoms with Crippen molar-refractivity contribution in [1.29, 1.82) is 0 Å². The summed E-state index contributed by atoms with van der Waals surface area (Å²) < 4.78 is 1.42. The average Bonchev–Trinajstić information content (AvgIpc) is 3.20. The largest absolute Gasteiger partial charge is 0.494 e. The van der Waals surface area contributed by atoms with Gasteiger partial charge in [-0.1, -0.05) is 37.3 Å². The highest BCUT2D eigenvalue weighted by atomic mass is 16.3. The second-order valence-corrected chi connectivity index (χ2v) is 8.13. The normalized spacial score (nSPS) is 17.4. The minimum absolute atomic E-state index is 0.0603. The summed E-state index contributed by atoms with van der Waals surface area (Å²) >= 11 is 0. The Hall–Kier alpha value is -2.92. The molecular weight excluding hydrogens is 374 g/mol. The van der Waals surface area contributed by atoms with Crippen molar-refractivity contribution < 1.29 is 5.11 Å². The molecule has 2 heterocycles. The van der Waals surface area contributed by atoms with E-state index in [-0.39, 0.29) is 11.4 Å². The maximum atomic E-state index is 13.3. The second kappa shape index (κ2) is 8.44. The van der Waals surface area contributed by atoms with Gasteiger partial charge in [0.25, 0.3) is 5.56 Å². The Kier molecular flexibility index (Phi) is 5.73. The standard InChI is InChI=1S/C25H29N3O2/c1-4-27-13-7-8-19(27)15-26-16-22-20-9-5-6-10-21(20)24(29)28(25(22)30)23-14-17(2)11-12-18(23)3/h5-6,9-12,14,16,19,30H,4,7-8,13,15H2,1-3H3. The molecule has 1 saturated heterocycles. The van der Waals surface area contributed by atoms with Gasteiger partial charge in [0.2, 0.25) is 5.88 Å². The van der Waals surface area contributed by atoms with E-state index in [4.69, 9.17) is 4.99 Å². The molecule has 1 N–H and O–H groups in total. The summed E-state index contributed by atoms with van der Waals surface area (Å²) in [5.74, 6) is -0.0603. The van der Waals surface area contributed by atoms with Gasteiger partial charge >= 0.3 is 0 Å². The zero-order valence-corrected chi connectivity index (χ0v) is 17.9. The van der Waals surface area contributed by atoms with Gasteiger partial charge in [-0.15, -0.1) is 0 Å². The number of aromatic nitrogens is 1. The quantitative estimate of drug-likeness (QED) is 0.649. The van der Waals surface area contributed by atoms with Crippen LogP contribution in [0.2, 0.25) is 0 Å². The van der Waals surface area contributed by atoms with Crippen LogP contribution in [0.25, 0.3) is 16.5 Å². The van der Waals surface area contributed by atoms with E-state index in [1.54, 1.807) is 6.21 Å². The van der Waals surface area contributed by atoms with Crippen LogP contribution in [0.15, 0.2) is 52.3 Å². The molecule has 4 rings (SSSR count). The molecule has 0 saturated carbocycles. The molecule has 156 valence electrons. The monoisotopic (exact) mass is 403 g/mol. The van der Waals surface area contributed by atoms with Gasteiger partial charge in [-0.05, 0) is 63.0 Å². The first-order valence-electron chi connectivity index (χ1n) is 10.7. The number of hydrogen-bond acceptors (Lipinski definition) is 4. The lowest BCUT2D eigenvalue weighted by molar-refractivity contribution is 0.273. The molecule has 1 unspecified atom stereocenters. The fourth-order valence-corrected chi connectivity index (χ4v) is 4.46. The SMILES string of the molecule is CCN1CCCC1CN=Cc1c(O)n(-c2cc(C)ccc2C)c(=O)c2ccccc12. The number of aryl methyl sites for hydroxylation is 2. The Morgan fingerprint density at radius 1 is 1.17 bits per heavy atom. The molecule has 2 aromatic carbocycles. The number of benzene rings is 2. The smallest absolute Gasteiger partial charge is 0.265 e. The Morgan fingerprint density at radius 2 is 1.93 bits per heavy atom. The summed E-state index contributed by atoms with van der Waals surface area (Å²) in [6, 6.07) is 13.8. The van der Waals surface area contributed by atoms with Crippen molar-refractivity contribution in [1.82, 2.24) is 9.47 Å². The molecule has 5 heteroatoms. The first-order chi connectivity index (χ1) is 14.5.